The standard InChI is InChI=1S/C17H11ClO/c1-10-5-6-11-7-8-13-12-3-2-4-15(18)17(12)19-16(13)14(11)9-10/h2-9H,1H3. The molecule has 0 aliphatic heterocycles. The van der Waals surface area contributed by atoms with Crippen LogP contribution in [0, 0.1) is 6.92 Å². The van der Waals surface area contributed by atoms with E-state index in [9.17, 15) is 0 Å². The highest BCUT2D eigenvalue weighted by Crippen LogP contribution is 2.36. The summed E-state index contributed by atoms with van der Waals surface area (Å²) in [6, 6.07) is 16.5. The molecule has 19 heavy (non-hydrogen) atoms. The number of rotatable bonds is 0. The van der Waals surface area contributed by atoms with Gasteiger partial charge in [-0.05, 0) is 30.5 Å². The number of fused-ring (bicyclic) bond motifs is 5. The van der Waals surface area contributed by atoms with Crippen LogP contribution < -0.4 is 0 Å². The normalized spacial score (nSPS) is 11.7. The molecule has 0 N–H and O–H groups in total. The van der Waals surface area contributed by atoms with Crippen LogP contribution in [0.1, 0.15) is 5.56 Å². The van der Waals surface area contributed by atoms with Crippen LogP contribution in [-0.2, 0) is 0 Å². The number of hydrogen-bond donors (Lipinski definition) is 0. The van der Waals surface area contributed by atoms with Gasteiger partial charge in [-0.15, -0.1) is 0 Å². The largest absolute Gasteiger partial charge is 0.454 e. The fraction of sp³-hybridized carbons (Fsp3) is 0.0588. The number of para-hydroxylation sites is 1. The van der Waals surface area contributed by atoms with Crippen molar-refractivity contribution in [2.45, 2.75) is 6.92 Å². The Morgan fingerprint density at radius 1 is 0.842 bits per heavy atom. The van der Waals surface area contributed by atoms with Crippen molar-refractivity contribution in [2.24, 2.45) is 0 Å². The molecule has 0 aliphatic carbocycles. The third-order valence-electron chi connectivity index (χ3n) is 3.59. The Bertz CT molecular complexity index is 934. The van der Waals surface area contributed by atoms with Gasteiger partial charge in [0.1, 0.15) is 5.58 Å². The maximum absolute atomic E-state index is 6.22. The van der Waals surface area contributed by atoms with Crippen molar-refractivity contribution in [3.63, 3.8) is 0 Å². The highest BCUT2D eigenvalue weighted by Gasteiger charge is 2.11. The van der Waals surface area contributed by atoms with E-state index in [2.05, 4.69) is 43.3 Å². The summed E-state index contributed by atoms with van der Waals surface area (Å²) < 4.78 is 6.02. The van der Waals surface area contributed by atoms with Gasteiger partial charge in [0.15, 0.2) is 5.58 Å². The molecule has 0 saturated carbocycles. The molecule has 0 bridgehead atoms. The molecule has 3 aromatic carbocycles. The van der Waals surface area contributed by atoms with Gasteiger partial charge in [-0.1, -0.05) is 47.5 Å². The molecule has 0 atom stereocenters. The maximum Gasteiger partial charge on any atom is 0.154 e. The number of furan rings is 1. The topological polar surface area (TPSA) is 13.1 Å². The first kappa shape index (κ1) is 10.9. The lowest BCUT2D eigenvalue weighted by atomic mass is 10.0. The minimum atomic E-state index is 0.662. The predicted molar refractivity (Wildman–Crippen MR) is 81.0 cm³/mol. The van der Waals surface area contributed by atoms with Crippen LogP contribution in [0.4, 0.5) is 0 Å². The van der Waals surface area contributed by atoms with Gasteiger partial charge in [0.05, 0.1) is 5.02 Å². The molecular weight excluding hydrogens is 256 g/mol. The van der Waals surface area contributed by atoms with Gasteiger partial charge >= 0.3 is 0 Å². The highest BCUT2D eigenvalue weighted by atomic mass is 35.5. The van der Waals surface area contributed by atoms with Gasteiger partial charge in [0, 0.05) is 16.2 Å². The first-order valence-electron chi connectivity index (χ1n) is 6.24. The average Bonchev–Trinajstić information content (AvgIpc) is 2.79. The van der Waals surface area contributed by atoms with Crippen molar-refractivity contribution in [1.29, 1.82) is 0 Å². The van der Waals surface area contributed by atoms with Crippen molar-refractivity contribution in [2.75, 3.05) is 0 Å². The molecule has 0 saturated heterocycles. The predicted octanol–water partition coefficient (Wildman–Crippen LogP) is 5.70. The minimum absolute atomic E-state index is 0.662. The second-order valence-electron chi connectivity index (χ2n) is 4.89. The summed E-state index contributed by atoms with van der Waals surface area (Å²) >= 11 is 6.22. The molecule has 4 aromatic rings. The van der Waals surface area contributed by atoms with Gasteiger partial charge in [0.2, 0.25) is 0 Å². The lowest BCUT2D eigenvalue weighted by Crippen LogP contribution is -1.76. The molecule has 0 unspecified atom stereocenters. The lowest BCUT2D eigenvalue weighted by molar-refractivity contribution is 0.673. The van der Waals surface area contributed by atoms with Gasteiger partial charge in [-0.3, -0.25) is 0 Å². The first-order chi connectivity index (χ1) is 9.24. The first-order valence-corrected chi connectivity index (χ1v) is 6.62. The second kappa shape index (κ2) is 3.75. The summed E-state index contributed by atoms with van der Waals surface area (Å²) in [4.78, 5) is 0. The maximum atomic E-state index is 6.22. The molecule has 4 rings (SSSR count). The summed E-state index contributed by atoms with van der Waals surface area (Å²) in [5, 5.41) is 5.19. The van der Waals surface area contributed by atoms with Crippen LogP contribution in [0.25, 0.3) is 32.7 Å². The van der Waals surface area contributed by atoms with E-state index in [0.717, 1.165) is 27.3 Å². The molecule has 0 amide bonds. The molecule has 92 valence electrons. The molecule has 0 fully saturated rings. The summed E-state index contributed by atoms with van der Waals surface area (Å²) in [5.41, 5.74) is 2.92. The number of hydrogen-bond acceptors (Lipinski definition) is 1. The number of halogens is 1. The lowest BCUT2D eigenvalue weighted by Gasteiger charge is -2.00. The summed E-state index contributed by atoms with van der Waals surface area (Å²) in [5.74, 6) is 0. The smallest absolute Gasteiger partial charge is 0.154 e. The summed E-state index contributed by atoms with van der Waals surface area (Å²) in [6.07, 6.45) is 0. The van der Waals surface area contributed by atoms with Gasteiger partial charge in [-0.2, -0.15) is 0 Å². The van der Waals surface area contributed by atoms with Crippen LogP contribution >= 0.6 is 11.6 Å². The average molecular weight is 267 g/mol. The van der Waals surface area contributed by atoms with E-state index in [1.54, 1.807) is 0 Å². The Balaban J connectivity index is 2.30. The van der Waals surface area contributed by atoms with Crippen LogP contribution in [-0.4, -0.2) is 0 Å². The quantitative estimate of drug-likeness (QED) is 0.398. The molecule has 0 radical (unpaired) electrons. The van der Waals surface area contributed by atoms with E-state index in [1.165, 1.54) is 10.9 Å². The fourth-order valence-corrected chi connectivity index (χ4v) is 2.87. The zero-order chi connectivity index (χ0) is 13.0. The number of benzene rings is 3. The summed E-state index contributed by atoms with van der Waals surface area (Å²) in [7, 11) is 0. The van der Waals surface area contributed by atoms with E-state index in [1.807, 2.05) is 12.1 Å². The van der Waals surface area contributed by atoms with Crippen molar-refractivity contribution < 1.29 is 4.42 Å². The van der Waals surface area contributed by atoms with Crippen LogP contribution in [0.15, 0.2) is 52.9 Å². The zero-order valence-corrected chi connectivity index (χ0v) is 11.2. The monoisotopic (exact) mass is 266 g/mol. The molecule has 2 heteroatoms. The van der Waals surface area contributed by atoms with Crippen LogP contribution in [0.2, 0.25) is 5.02 Å². The second-order valence-corrected chi connectivity index (χ2v) is 5.29. The third kappa shape index (κ3) is 1.48. The highest BCUT2D eigenvalue weighted by molar-refractivity contribution is 6.36. The Kier molecular flexibility index (Phi) is 2.15. The van der Waals surface area contributed by atoms with Gasteiger partial charge in [0.25, 0.3) is 0 Å². The Labute approximate surface area is 115 Å². The molecule has 0 spiro atoms. The van der Waals surface area contributed by atoms with Gasteiger partial charge < -0.3 is 4.42 Å². The molecule has 1 aromatic heterocycles. The molecule has 0 aliphatic rings. The van der Waals surface area contributed by atoms with Crippen molar-refractivity contribution >= 4 is 44.3 Å². The molecule has 1 heterocycles. The zero-order valence-electron chi connectivity index (χ0n) is 10.4. The van der Waals surface area contributed by atoms with E-state index in [0.29, 0.717) is 5.02 Å². The van der Waals surface area contributed by atoms with E-state index >= 15 is 0 Å². The molecule has 1 nitrogen and oxygen atoms in total. The Morgan fingerprint density at radius 3 is 2.53 bits per heavy atom. The van der Waals surface area contributed by atoms with Crippen LogP contribution in [0.5, 0.6) is 0 Å². The fourth-order valence-electron chi connectivity index (χ4n) is 2.65. The molecular formula is C17H11ClO. The Hall–Kier alpha value is -1.99. The van der Waals surface area contributed by atoms with E-state index < -0.39 is 0 Å². The van der Waals surface area contributed by atoms with Crippen molar-refractivity contribution in [1.82, 2.24) is 0 Å². The van der Waals surface area contributed by atoms with E-state index in [-0.39, 0.29) is 0 Å². The third-order valence-corrected chi connectivity index (χ3v) is 3.89. The minimum Gasteiger partial charge on any atom is -0.454 e. The Morgan fingerprint density at radius 2 is 1.63 bits per heavy atom. The van der Waals surface area contributed by atoms with Crippen LogP contribution in [0.3, 0.4) is 0 Å². The van der Waals surface area contributed by atoms with Crippen molar-refractivity contribution in [3.8, 4) is 0 Å². The van der Waals surface area contributed by atoms with Gasteiger partial charge in [-0.25, -0.2) is 0 Å². The summed E-state index contributed by atoms with van der Waals surface area (Å²) in [6.45, 7) is 2.09. The van der Waals surface area contributed by atoms with E-state index in [4.69, 9.17) is 16.0 Å². The SMILES string of the molecule is Cc1ccc2ccc3c4cccc(Cl)c4oc3c2c1. The van der Waals surface area contributed by atoms with Crippen molar-refractivity contribution in [3.05, 3.63) is 59.1 Å². The number of aryl methyl sites for hydroxylation is 1.